The van der Waals surface area contributed by atoms with E-state index in [-0.39, 0.29) is 11.7 Å². The molecule has 0 bridgehead atoms. The van der Waals surface area contributed by atoms with Gasteiger partial charge in [-0.05, 0) is 24.3 Å². The second-order valence-corrected chi connectivity index (χ2v) is 6.34. The predicted molar refractivity (Wildman–Crippen MR) is 99.9 cm³/mol. The molecule has 6 nitrogen and oxygen atoms in total. The summed E-state index contributed by atoms with van der Waals surface area (Å²) in [7, 11) is 2.00. The predicted octanol–water partition coefficient (Wildman–Crippen LogP) is 3.07. The minimum Gasteiger partial charge on any atom is -0.339 e. The molecule has 0 unspecified atom stereocenters. The molecule has 26 heavy (non-hydrogen) atoms. The van der Waals surface area contributed by atoms with Crippen molar-refractivity contribution < 1.29 is 9.18 Å². The highest BCUT2D eigenvalue weighted by Gasteiger charge is 2.24. The van der Waals surface area contributed by atoms with Crippen molar-refractivity contribution in [2.24, 2.45) is 7.05 Å². The summed E-state index contributed by atoms with van der Waals surface area (Å²) in [5.74, 6) is 0.472. The van der Waals surface area contributed by atoms with Crippen LogP contribution >= 0.6 is 0 Å². The molecule has 4 rings (SSSR count). The van der Waals surface area contributed by atoms with Crippen molar-refractivity contribution in [3.05, 3.63) is 54.3 Å². The fraction of sp³-hybridized carbons (Fsp3) is 0.263. The van der Waals surface area contributed by atoms with Crippen molar-refractivity contribution in [2.75, 3.05) is 36.4 Å². The molecule has 1 fully saturated rings. The van der Waals surface area contributed by atoms with Gasteiger partial charge in [0.25, 0.3) is 0 Å². The zero-order valence-electron chi connectivity index (χ0n) is 14.5. The van der Waals surface area contributed by atoms with Gasteiger partial charge in [-0.15, -0.1) is 0 Å². The lowest BCUT2D eigenvalue weighted by atomic mass is 10.3. The number of aryl methyl sites for hydroxylation is 1. The van der Waals surface area contributed by atoms with E-state index in [1.807, 2.05) is 31.3 Å². The summed E-state index contributed by atoms with van der Waals surface area (Å²) in [4.78, 5) is 21.0. The first kappa shape index (κ1) is 16.4. The molecular formula is C19H20FN5O. The quantitative estimate of drug-likeness (QED) is 0.770. The zero-order valence-corrected chi connectivity index (χ0v) is 14.5. The van der Waals surface area contributed by atoms with Crippen LogP contribution in [0.15, 0.2) is 48.5 Å². The monoisotopic (exact) mass is 353 g/mol. The van der Waals surface area contributed by atoms with Gasteiger partial charge in [0.2, 0.25) is 5.95 Å². The van der Waals surface area contributed by atoms with Gasteiger partial charge in [0.1, 0.15) is 5.82 Å². The highest BCUT2D eigenvalue weighted by atomic mass is 19.1. The zero-order chi connectivity index (χ0) is 18.1. The number of carbonyl (C=O) groups is 1. The number of aromatic nitrogens is 2. The molecular weight excluding hydrogens is 333 g/mol. The van der Waals surface area contributed by atoms with Gasteiger partial charge in [0.05, 0.1) is 16.7 Å². The molecule has 1 aromatic heterocycles. The van der Waals surface area contributed by atoms with Gasteiger partial charge in [-0.3, -0.25) is 0 Å². The third kappa shape index (κ3) is 2.96. The normalized spacial score (nSPS) is 14.7. The first-order valence-electron chi connectivity index (χ1n) is 8.60. The summed E-state index contributed by atoms with van der Waals surface area (Å²) < 4.78 is 15.8. The molecule has 1 aliphatic rings. The second kappa shape index (κ2) is 6.67. The highest BCUT2D eigenvalue weighted by molar-refractivity contribution is 5.89. The van der Waals surface area contributed by atoms with E-state index in [4.69, 9.17) is 4.98 Å². The molecule has 0 atom stereocenters. The van der Waals surface area contributed by atoms with E-state index in [1.54, 1.807) is 23.1 Å². The van der Waals surface area contributed by atoms with Crippen LogP contribution in [0.1, 0.15) is 0 Å². The first-order valence-corrected chi connectivity index (χ1v) is 8.60. The van der Waals surface area contributed by atoms with Crippen LogP contribution in [0.4, 0.5) is 20.8 Å². The van der Waals surface area contributed by atoms with Gasteiger partial charge < -0.3 is 19.7 Å². The van der Waals surface area contributed by atoms with E-state index in [0.717, 1.165) is 17.0 Å². The summed E-state index contributed by atoms with van der Waals surface area (Å²) >= 11 is 0. The summed E-state index contributed by atoms with van der Waals surface area (Å²) in [6.45, 7) is 2.48. The van der Waals surface area contributed by atoms with Crippen LogP contribution in [0.2, 0.25) is 0 Å². The summed E-state index contributed by atoms with van der Waals surface area (Å²) in [5, 5.41) is 2.64. The number of anilines is 2. The Hall–Kier alpha value is -3.09. The van der Waals surface area contributed by atoms with Crippen LogP contribution in [0, 0.1) is 5.82 Å². The van der Waals surface area contributed by atoms with Gasteiger partial charge in [0, 0.05) is 33.2 Å². The van der Waals surface area contributed by atoms with Crippen molar-refractivity contribution in [1.82, 2.24) is 14.5 Å². The maximum Gasteiger partial charge on any atom is 0.322 e. The van der Waals surface area contributed by atoms with Gasteiger partial charge in [-0.1, -0.05) is 24.3 Å². The van der Waals surface area contributed by atoms with Crippen LogP contribution < -0.4 is 10.2 Å². The molecule has 2 heterocycles. The third-order valence-electron chi connectivity index (χ3n) is 4.73. The molecule has 1 aliphatic heterocycles. The topological polar surface area (TPSA) is 53.4 Å². The molecule has 0 aliphatic carbocycles. The maximum atomic E-state index is 13.7. The molecule has 2 aromatic carbocycles. The van der Waals surface area contributed by atoms with Crippen molar-refractivity contribution >= 4 is 28.7 Å². The van der Waals surface area contributed by atoms with Crippen LogP contribution in [0.5, 0.6) is 0 Å². The summed E-state index contributed by atoms with van der Waals surface area (Å²) in [5.41, 5.74) is 2.25. The number of nitrogens with zero attached hydrogens (tertiary/aromatic N) is 4. The van der Waals surface area contributed by atoms with Gasteiger partial charge in [-0.25, -0.2) is 14.2 Å². The SMILES string of the molecule is Cn1c(N2CCN(C(=O)Nc3ccccc3F)CC2)nc2ccccc21. The maximum absolute atomic E-state index is 13.7. The number of imidazole rings is 1. The smallest absolute Gasteiger partial charge is 0.322 e. The molecule has 0 saturated carbocycles. The average Bonchev–Trinajstić information content (AvgIpc) is 3.01. The van der Waals surface area contributed by atoms with E-state index in [1.165, 1.54) is 6.07 Å². The third-order valence-corrected chi connectivity index (χ3v) is 4.73. The Labute approximate surface area is 150 Å². The lowest BCUT2D eigenvalue weighted by Crippen LogP contribution is -2.50. The molecule has 2 amide bonds. The summed E-state index contributed by atoms with van der Waals surface area (Å²) in [6.07, 6.45) is 0. The van der Waals surface area contributed by atoms with Crippen LogP contribution in [-0.4, -0.2) is 46.7 Å². The number of piperazine rings is 1. The number of para-hydroxylation sites is 3. The molecule has 0 spiro atoms. The largest absolute Gasteiger partial charge is 0.339 e. The lowest BCUT2D eigenvalue weighted by molar-refractivity contribution is 0.207. The lowest BCUT2D eigenvalue weighted by Gasteiger charge is -2.35. The fourth-order valence-corrected chi connectivity index (χ4v) is 3.28. The Balaban J connectivity index is 1.43. The van der Waals surface area contributed by atoms with Crippen molar-refractivity contribution in [2.45, 2.75) is 0 Å². The Morgan fingerprint density at radius 2 is 1.73 bits per heavy atom. The number of urea groups is 1. The van der Waals surface area contributed by atoms with Gasteiger partial charge in [-0.2, -0.15) is 0 Å². The standard InChI is InChI=1S/C19H20FN5O/c1-23-17-9-5-4-8-16(17)21-18(23)24-10-12-25(13-11-24)19(26)22-15-7-3-2-6-14(15)20/h2-9H,10-13H2,1H3,(H,22,26). The average molecular weight is 353 g/mol. The Kier molecular flexibility index (Phi) is 4.20. The van der Waals surface area contributed by atoms with Gasteiger partial charge in [0.15, 0.2) is 0 Å². The number of hydrogen-bond donors (Lipinski definition) is 1. The minimum absolute atomic E-state index is 0.204. The first-order chi connectivity index (χ1) is 12.6. The Morgan fingerprint density at radius 3 is 2.46 bits per heavy atom. The number of fused-ring (bicyclic) bond motifs is 1. The van der Waals surface area contributed by atoms with E-state index in [9.17, 15) is 9.18 Å². The second-order valence-electron chi connectivity index (χ2n) is 6.34. The molecule has 134 valence electrons. The molecule has 3 aromatic rings. The van der Waals surface area contributed by atoms with E-state index in [2.05, 4.69) is 14.8 Å². The Bertz CT molecular complexity index is 946. The highest BCUT2D eigenvalue weighted by Crippen LogP contribution is 2.22. The molecule has 0 radical (unpaired) electrons. The van der Waals surface area contributed by atoms with E-state index in [0.29, 0.717) is 26.2 Å². The number of benzene rings is 2. The minimum atomic E-state index is -0.431. The number of amides is 2. The van der Waals surface area contributed by atoms with Gasteiger partial charge >= 0.3 is 6.03 Å². The molecule has 1 N–H and O–H groups in total. The number of rotatable bonds is 2. The number of nitrogens with one attached hydrogen (secondary N) is 1. The van der Waals surface area contributed by atoms with Crippen LogP contribution in [0.25, 0.3) is 11.0 Å². The molecule has 7 heteroatoms. The van der Waals surface area contributed by atoms with E-state index < -0.39 is 5.82 Å². The fourth-order valence-electron chi connectivity index (χ4n) is 3.28. The van der Waals surface area contributed by atoms with Crippen LogP contribution in [-0.2, 0) is 7.05 Å². The van der Waals surface area contributed by atoms with Crippen molar-refractivity contribution in [1.29, 1.82) is 0 Å². The van der Waals surface area contributed by atoms with E-state index >= 15 is 0 Å². The van der Waals surface area contributed by atoms with Crippen molar-refractivity contribution in [3.8, 4) is 0 Å². The van der Waals surface area contributed by atoms with Crippen LogP contribution in [0.3, 0.4) is 0 Å². The Morgan fingerprint density at radius 1 is 1.04 bits per heavy atom. The number of halogens is 1. The van der Waals surface area contributed by atoms with Crippen molar-refractivity contribution in [3.63, 3.8) is 0 Å². The molecule has 1 saturated heterocycles. The number of hydrogen-bond acceptors (Lipinski definition) is 3. The summed E-state index contributed by atoms with van der Waals surface area (Å²) in [6, 6.07) is 13.9. The number of carbonyl (C=O) groups excluding carboxylic acids is 1.